The maximum Gasteiger partial charge on any atom is 0.258 e. The van der Waals surface area contributed by atoms with Crippen LogP contribution in [0.5, 0.6) is 0 Å². The quantitative estimate of drug-likeness (QED) is 0.909. The molecule has 1 aliphatic heterocycles. The maximum absolute atomic E-state index is 12.1. The summed E-state index contributed by atoms with van der Waals surface area (Å²) < 4.78 is 1.48. The van der Waals surface area contributed by atoms with Gasteiger partial charge < -0.3 is 5.32 Å². The highest BCUT2D eigenvalue weighted by atomic mass is 35.5. The van der Waals surface area contributed by atoms with Crippen molar-refractivity contribution >= 4 is 29.7 Å². The van der Waals surface area contributed by atoms with Crippen LogP contribution in [-0.2, 0) is 6.54 Å². The molecule has 3 heterocycles. The fourth-order valence-electron chi connectivity index (χ4n) is 2.50. The van der Waals surface area contributed by atoms with Crippen LogP contribution in [0, 0.1) is 0 Å². The van der Waals surface area contributed by atoms with E-state index >= 15 is 0 Å². The van der Waals surface area contributed by atoms with Gasteiger partial charge in [-0.05, 0) is 31.6 Å². The van der Waals surface area contributed by atoms with Gasteiger partial charge in [0.2, 0.25) is 0 Å². The van der Waals surface area contributed by atoms with E-state index < -0.39 is 0 Å². The number of fused-ring (bicyclic) bond motifs is 1. The van der Waals surface area contributed by atoms with E-state index in [1.54, 1.807) is 24.4 Å². The van der Waals surface area contributed by atoms with Crippen molar-refractivity contribution < 1.29 is 0 Å². The van der Waals surface area contributed by atoms with Crippen LogP contribution >= 0.6 is 24.0 Å². The number of pyridine rings is 1. The monoisotopic (exact) mass is 328 g/mol. The summed E-state index contributed by atoms with van der Waals surface area (Å²) in [6.45, 7) is 4.79. The van der Waals surface area contributed by atoms with Gasteiger partial charge in [0.15, 0.2) is 0 Å². The van der Waals surface area contributed by atoms with Crippen molar-refractivity contribution in [1.82, 2.24) is 19.6 Å². The molecule has 2 aromatic heterocycles. The molecule has 2 aromatic rings. The normalized spacial score (nSPS) is 16.4. The van der Waals surface area contributed by atoms with Crippen LogP contribution in [0.2, 0.25) is 5.02 Å². The summed E-state index contributed by atoms with van der Waals surface area (Å²) in [7, 11) is 0. The van der Waals surface area contributed by atoms with E-state index in [0.717, 1.165) is 44.8 Å². The van der Waals surface area contributed by atoms with Crippen molar-refractivity contribution in [3.63, 3.8) is 0 Å². The third-order valence-corrected chi connectivity index (χ3v) is 3.72. The zero-order valence-electron chi connectivity index (χ0n) is 11.6. The molecule has 1 aliphatic rings. The SMILES string of the molecule is Cl.O=c1cc(CN2CCCNCC2)nc2ccc(Cl)cn12. The lowest BCUT2D eigenvalue weighted by Crippen LogP contribution is -2.29. The third-order valence-electron chi connectivity index (χ3n) is 3.49. The average Bonchev–Trinajstić information content (AvgIpc) is 2.68. The molecule has 0 atom stereocenters. The third kappa shape index (κ3) is 3.95. The Morgan fingerprint density at radius 2 is 2.14 bits per heavy atom. The predicted octanol–water partition coefficient (Wildman–Crippen LogP) is 1.56. The molecule has 5 nitrogen and oxygen atoms in total. The summed E-state index contributed by atoms with van der Waals surface area (Å²) in [4.78, 5) is 19.0. The minimum atomic E-state index is -0.0829. The van der Waals surface area contributed by atoms with E-state index in [1.165, 1.54) is 4.40 Å². The van der Waals surface area contributed by atoms with E-state index in [2.05, 4.69) is 15.2 Å². The molecule has 0 radical (unpaired) electrons. The van der Waals surface area contributed by atoms with Crippen molar-refractivity contribution in [2.75, 3.05) is 26.2 Å². The van der Waals surface area contributed by atoms with Gasteiger partial charge in [-0.3, -0.25) is 14.1 Å². The Labute approximate surface area is 134 Å². The summed E-state index contributed by atoms with van der Waals surface area (Å²) in [6.07, 6.45) is 2.73. The Hall–Kier alpha value is -1.14. The predicted molar refractivity (Wildman–Crippen MR) is 86.5 cm³/mol. The molecule has 0 saturated carbocycles. The first-order chi connectivity index (χ1) is 9.72. The second-order valence-electron chi connectivity index (χ2n) is 5.04. The van der Waals surface area contributed by atoms with E-state index in [0.29, 0.717) is 10.7 Å². The van der Waals surface area contributed by atoms with Crippen LogP contribution in [0.4, 0.5) is 0 Å². The summed E-state index contributed by atoms with van der Waals surface area (Å²) in [5.74, 6) is 0. The van der Waals surface area contributed by atoms with Gasteiger partial charge in [0.25, 0.3) is 5.56 Å². The highest BCUT2D eigenvalue weighted by Gasteiger charge is 2.11. The Kier molecular flexibility index (Phi) is 5.58. The molecule has 7 heteroatoms. The van der Waals surface area contributed by atoms with Crippen molar-refractivity contribution in [3.05, 3.63) is 45.5 Å². The number of nitrogens with zero attached hydrogens (tertiary/aromatic N) is 3. The standard InChI is InChI=1S/C14H17ClN4O.ClH/c15-11-2-3-13-17-12(8-14(20)19(13)9-11)10-18-6-1-4-16-5-7-18;/h2-3,8-9,16H,1,4-7,10H2;1H. The summed E-state index contributed by atoms with van der Waals surface area (Å²) in [5.41, 5.74) is 1.38. The number of halogens is 2. The number of rotatable bonds is 2. The summed E-state index contributed by atoms with van der Waals surface area (Å²) >= 11 is 5.90. The minimum absolute atomic E-state index is 0. The first kappa shape index (κ1) is 16.2. The Morgan fingerprint density at radius 3 is 3.00 bits per heavy atom. The molecular formula is C14H18Cl2N4O. The van der Waals surface area contributed by atoms with Gasteiger partial charge in [0.05, 0.1) is 10.7 Å². The van der Waals surface area contributed by atoms with Gasteiger partial charge in [-0.2, -0.15) is 0 Å². The van der Waals surface area contributed by atoms with Crippen molar-refractivity contribution in [2.24, 2.45) is 0 Å². The first-order valence-electron chi connectivity index (χ1n) is 6.83. The van der Waals surface area contributed by atoms with Crippen molar-refractivity contribution in [2.45, 2.75) is 13.0 Å². The number of nitrogens with one attached hydrogen (secondary N) is 1. The molecule has 21 heavy (non-hydrogen) atoms. The second kappa shape index (κ2) is 7.22. The molecule has 1 N–H and O–H groups in total. The number of hydrogen-bond acceptors (Lipinski definition) is 4. The summed E-state index contributed by atoms with van der Waals surface area (Å²) in [5, 5.41) is 3.90. The molecule has 0 bridgehead atoms. The van der Waals surface area contributed by atoms with E-state index in [9.17, 15) is 4.79 Å². The molecule has 0 spiro atoms. The topological polar surface area (TPSA) is 49.6 Å². The van der Waals surface area contributed by atoms with Gasteiger partial charge in [-0.15, -0.1) is 12.4 Å². The fraction of sp³-hybridized carbons (Fsp3) is 0.429. The molecule has 0 unspecified atom stereocenters. The van der Waals surface area contributed by atoms with Crippen LogP contribution < -0.4 is 10.9 Å². The lowest BCUT2D eigenvalue weighted by atomic mass is 10.3. The zero-order chi connectivity index (χ0) is 13.9. The highest BCUT2D eigenvalue weighted by molar-refractivity contribution is 6.30. The molecule has 0 aromatic carbocycles. The molecule has 0 aliphatic carbocycles. The maximum atomic E-state index is 12.1. The molecule has 114 valence electrons. The Morgan fingerprint density at radius 1 is 1.29 bits per heavy atom. The molecule has 1 saturated heterocycles. The fourth-order valence-corrected chi connectivity index (χ4v) is 2.66. The van der Waals surface area contributed by atoms with Crippen molar-refractivity contribution in [1.29, 1.82) is 0 Å². The van der Waals surface area contributed by atoms with Crippen LogP contribution in [0.3, 0.4) is 0 Å². The van der Waals surface area contributed by atoms with Gasteiger partial charge in [-0.25, -0.2) is 4.98 Å². The number of aromatic nitrogens is 2. The van der Waals surface area contributed by atoms with Gasteiger partial charge >= 0.3 is 0 Å². The number of hydrogen-bond donors (Lipinski definition) is 1. The Bertz CT molecular complexity index is 666. The smallest absolute Gasteiger partial charge is 0.258 e. The van der Waals surface area contributed by atoms with Gasteiger partial charge in [-0.1, -0.05) is 11.6 Å². The lowest BCUT2D eigenvalue weighted by molar-refractivity contribution is 0.281. The van der Waals surface area contributed by atoms with Crippen molar-refractivity contribution in [3.8, 4) is 0 Å². The molecule has 0 amide bonds. The van der Waals surface area contributed by atoms with Crippen LogP contribution in [0.1, 0.15) is 12.1 Å². The largest absolute Gasteiger partial charge is 0.315 e. The minimum Gasteiger partial charge on any atom is -0.315 e. The molecule has 3 rings (SSSR count). The summed E-state index contributed by atoms with van der Waals surface area (Å²) in [6, 6.07) is 5.13. The van der Waals surface area contributed by atoms with E-state index in [1.807, 2.05) is 0 Å². The molecular weight excluding hydrogens is 311 g/mol. The first-order valence-corrected chi connectivity index (χ1v) is 7.21. The zero-order valence-corrected chi connectivity index (χ0v) is 13.2. The van der Waals surface area contributed by atoms with Crippen LogP contribution in [0.15, 0.2) is 29.2 Å². The Balaban J connectivity index is 0.00000161. The van der Waals surface area contributed by atoms with Crippen LogP contribution in [-0.4, -0.2) is 40.5 Å². The molecule has 1 fully saturated rings. The van der Waals surface area contributed by atoms with Crippen LogP contribution in [0.25, 0.3) is 5.65 Å². The second-order valence-corrected chi connectivity index (χ2v) is 5.48. The lowest BCUT2D eigenvalue weighted by Gasteiger charge is -2.18. The highest BCUT2D eigenvalue weighted by Crippen LogP contribution is 2.09. The van der Waals surface area contributed by atoms with E-state index in [-0.39, 0.29) is 18.0 Å². The van der Waals surface area contributed by atoms with E-state index in [4.69, 9.17) is 11.6 Å². The van der Waals surface area contributed by atoms with Gasteiger partial charge in [0.1, 0.15) is 5.65 Å². The average molecular weight is 329 g/mol. The van der Waals surface area contributed by atoms with Gasteiger partial charge in [0, 0.05) is 31.9 Å².